The fourth-order valence-corrected chi connectivity index (χ4v) is 4.17. The third-order valence-electron chi connectivity index (χ3n) is 1.83. The van der Waals surface area contributed by atoms with E-state index in [1.54, 1.807) is 0 Å². The van der Waals surface area contributed by atoms with Crippen LogP contribution in [0.25, 0.3) is 6.08 Å². The average molecular weight is 320 g/mol. The number of carboxylic acids is 1. The summed E-state index contributed by atoms with van der Waals surface area (Å²) in [4.78, 5) is 14.1. The van der Waals surface area contributed by atoms with Crippen molar-refractivity contribution in [1.82, 2.24) is 4.98 Å². The fourth-order valence-electron chi connectivity index (χ4n) is 1.24. The van der Waals surface area contributed by atoms with Crippen LogP contribution < -0.4 is 4.72 Å². The maximum Gasteiger partial charge on any atom is 0.328 e. The lowest BCUT2D eigenvalue weighted by Gasteiger charge is -2.06. The van der Waals surface area contributed by atoms with Crippen molar-refractivity contribution in [1.29, 1.82) is 0 Å². The van der Waals surface area contributed by atoms with Crippen LogP contribution in [0.15, 0.2) is 24.4 Å². The number of nitrogens with one attached hydrogen (secondary N) is 1. The molecule has 0 aromatic carbocycles. The first kappa shape index (κ1) is 16.1. The van der Waals surface area contributed by atoms with Crippen LogP contribution in [0, 0.1) is 0 Å². The second-order valence-corrected chi connectivity index (χ2v) is 8.13. The Morgan fingerprint density at radius 2 is 2.05 bits per heavy atom. The molecule has 0 atom stereocenters. The number of anilines is 1. The van der Waals surface area contributed by atoms with Gasteiger partial charge in [-0.3, -0.25) is 4.72 Å². The van der Waals surface area contributed by atoms with E-state index in [1.165, 1.54) is 24.4 Å². The molecule has 0 radical (unpaired) electrons. The predicted octanol–water partition coefficient (Wildman–Crippen LogP) is -0.0768. The highest BCUT2D eigenvalue weighted by atomic mass is 32.3. The van der Waals surface area contributed by atoms with Crippen molar-refractivity contribution in [2.45, 2.75) is 0 Å². The molecule has 1 heterocycles. The van der Waals surface area contributed by atoms with Gasteiger partial charge in [-0.2, -0.15) is 0 Å². The van der Waals surface area contributed by atoms with Gasteiger partial charge in [0.2, 0.25) is 10.0 Å². The molecular weight excluding hydrogens is 308 g/mol. The van der Waals surface area contributed by atoms with Gasteiger partial charge in [0.05, 0.1) is 0 Å². The number of hydrogen-bond donors (Lipinski definition) is 2. The minimum Gasteiger partial charge on any atom is -0.478 e. The molecule has 0 aliphatic carbocycles. The summed E-state index contributed by atoms with van der Waals surface area (Å²) in [6.45, 7) is 0. The van der Waals surface area contributed by atoms with Crippen LogP contribution in [0.4, 0.5) is 5.82 Å². The Morgan fingerprint density at radius 1 is 1.40 bits per heavy atom. The van der Waals surface area contributed by atoms with Crippen molar-refractivity contribution >= 4 is 37.7 Å². The van der Waals surface area contributed by atoms with Crippen molar-refractivity contribution in [2.24, 2.45) is 0 Å². The second kappa shape index (κ2) is 6.01. The molecule has 0 amide bonds. The van der Waals surface area contributed by atoms with Gasteiger partial charge in [-0.1, -0.05) is 0 Å². The number of sulfone groups is 1. The molecule has 8 nitrogen and oxygen atoms in total. The van der Waals surface area contributed by atoms with Crippen LogP contribution >= 0.6 is 0 Å². The minimum absolute atomic E-state index is 0.0961. The molecule has 1 rings (SSSR count). The number of carboxylic acid groups (broad SMARTS) is 1. The molecule has 0 aliphatic rings. The molecule has 0 unspecified atom stereocenters. The SMILES string of the molecule is CS(=O)(=O)CS(=O)(=O)Nc1cc(/C=C/C(=O)O)ccn1. The Morgan fingerprint density at radius 3 is 2.60 bits per heavy atom. The summed E-state index contributed by atoms with van der Waals surface area (Å²) in [5, 5.41) is 7.42. The van der Waals surface area contributed by atoms with Gasteiger partial charge in [0.25, 0.3) is 0 Å². The Kier molecular flexibility index (Phi) is 4.84. The van der Waals surface area contributed by atoms with Gasteiger partial charge >= 0.3 is 5.97 Å². The monoisotopic (exact) mass is 320 g/mol. The van der Waals surface area contributed by atoms with E-state index >= 15 is 0 Å². The quantitative estimate of drug-likeness (QED) is 0.701. The van der Waals surface area contributed by atoms with Crippen LogP contribution in [0.3, 0.4) is 0 Å². The van der Waals surface area contributed by atoms with E-state index in [2.05, 4.69) is 4.98 Å². The van der Waals surface area contributed by atoms with Crippen LogP contribution in [-0.2, 0) is 24.7 Å². The van der Waals surface area contributed by atoms with Gasteiger partial charge < -0.3 is 5.11 Å². The van der Waals surface area contributed by atoms with Crippen LogP contribution in [-0.4, -0.2) is 44.2 Å². The number of aromatic nitrogens is 1. The number of sulfonamides is 1. The number of aliphatic carboxylic acids is 1. The third kappa shape index (κ3) is 6.29. The van der Waals surface area contributed by atoms with E-state index in [4.69, 9.17) is 5.11 Å². The van der Waals surface area contributed by atoms with E-state index in [1.807, 2.05) is 4.72 Å². The number of rotatable bonds is 6. The fraction of sp³-hybridized carbons (Fsp3) is 0.200. The first-order chi connectivity index (χ1) is 9.07. The lowest BCUT2D eigenvalue weighted by Crippen LogP contribution is -2.22. The first-order valence-electron chi connectivity index (χ1n) is 5.13. The van der Waals surface area contributed by atoms with Crippen molar-refractivity contribution < 1.29 is 26.7 Å². The van der Waals surface area contributed by atoms with E-state index < -0.39 is 30.9 Å². The van der Waals surface area contributed by atoms with Crippen molar-refractivity contribution in [3.05, 3.63) is 30.0 Å². The van der Waals surface area contributed by atoms with Crippen LogP contribution in [0.1, 0.15) is 5.56 Å². The second-order valence-electron chi connectivity index (χ2n) is 3.91. The molecular formula is C10H12N2O6S2. The highest BCUT2D eigenvalue weighted by Gasteiger charge is 2.18. The van der Waals surface area contributed by atoms with Crippen LogP contribution in [0.5, 0.6) is 0 Å². The maximum atomic E-state index is 11.6. The van der Waals surface area contributed by atoms with Crippen LogP contribution in [0.2, 0.25) is 0 Å². The molecule has 0 spiro atoms. The highest BCUT2D eigenvalue weighted by Crippen LogP contribution is 2.11. The molecule has 0 aliphatic heterocycles. The molecule has 1 aromatic rings. The summed E-state index contributed by atoms with van der Waals surface area (Å²) in [6, 6.07) is 2.74. The van der Waals surface area contributed by atoms with Crippen molar-refractivity contribution in [2.75, 3.05) is 16.1 Å². The molecule has 0 bridgehead atoms. The Balaban J connectivity index is 2.94. The van der Waals surface area contributed by atoms with Gasteiger partial charge in [-0.05, 0) is 23.8 Å². The summed E-state index contributed by atoms with van der Waals surface area (Å²) in [7, 11) is -7.78. The molecule has 2 N–H and O–H groups in total. The average Bonchev–Trinajstić information content (AvgIpc) is 2.22. The lowest BCUT2D eigenvalue weighted by molar-refractivity contribution is -0.131. The summed E-state index contributed by atoms with van der Waals surface area (Å²) in [5.74, 6) is -1.25. The standard InChI is InChI=1S/C10H12N2O6S2/c1-19(15,16)7-20(17,18)12-9-6-8(4-5-11-9)2-3-10(13)14/h2-6H,7H2,1H3,(H,11,12)(H,13,14)/b3-2+. The molecule has 20 heavy (non-hydrogen) atoms. The number of pyridine rings is 1. The Hall–Kier alpha value is -1.94. The zero-order valence-electron chi connectivity index (χ0n) is 10.3. The topological polar surface area (TPSA) is 130 Å². The van der Waals surface area contributed by atoms with E-state index in [-0.39, 0.29) is 5.82 Å². The maximum absolute atomic E-state index is 11.6. The molecule has 110 valence electrons. The molecule has 1 aromatic heterocycles. The molecule has 10 heteroatoms. The number of hydrogen-bond acceptors (Lipinski definition) is 6. The zero-order valence-corrected chi connectivity index (χ0v) is 12.0. The molecule has 0 saturated carbocycles. The predicted molar refractivity (Wildman–Crippen MR) is 73.2 cm³/mol. The largest absolute Gasteiger partial charge is 0.478 e. The highest BCUT2D eigenvalue weighted by molar-refractivity contribution is 8.08. The summed E-state index contributed by atoms with van der Waals surface area (Å²) >= 11 is 0. The smallest absolute Gasteiger partial charge is 0.328 e. The summed E-state index contributed by atoms with van der Waals surface area (Å²) in [6.07, 6.45) is 4.19. The Bertz CT molecular complexity index is 737. The van der Waals surface area contributed by atoms with Gasteiger partial charge in [-0.25, -0.2) is 26.6 Å². The lowest BCUT2D eigenvalue weighted by atomic mass is 10.2. The number of nitrogens with zero attached hydrogens (tertiary/aromatic N) is 1. The van der Waals surface area contributed by atoms with Gasteiger partial charge in [0.15, 0.2) is 14.9 Å². The van der Waals surface area contributed by atoms with Gasteiger partial charge in [0.1, 0.15) is 5.82 Å². The van der Waals surface area contributed by atoms with Crippen molar-refractivity contribution in [3.8, 4) is 0 Å². The molecule has 0 fully saturated rings. The van der Waals surface area contributed by atoms with E-state index in [0.717, 1.165) is 12.3 Å². The van der Waals surface area contributed by atoms with Gasteiger partial charge in [0, 0.05) is 18.5 Å². The summed E-state index contributed by atoms with van der Waals surface area (Å²) < 4.78 is 47.0. The van der Waals surface area contributed by atoms with Gasteiger partial charge in [-0.15, -0.1) is 0 Å². The first-order valence-corrected chi connectivity index (χ1v) is 8.84. The minimum atomic E-state index is -4.08. The third-order valence-corrected chi connectivity index (χ3v) is 5.31. The zero-order chi connectivity index (χ0) is 15.4. The number of carbonyl (C=O) groups is 1. The Labute approximate surface area is 116 Å². The summed E-state index contributed by atoms with van der Waals surface area (Å²) in [5.41, 5.74) is 0.402. The van der Waals surface area contributed by atoms with E-state index in [9.17, 15) is 21.6 Å². The molecule has 0 saturated heterocycles. The normalized spacial score (nSPS) is 12.4. The van der Waals surface area contributed by atoms with E-state index in [0.29, 0.717) is 5.56 Å². The van der Waals surface area contributed by atoms with Crippen molar-refractivity contribution in [3.63, 3.8) is 0 Å².